The van der Waals surface area contributed by atoms with Gasteiger partial charge in [0.05, 0.1) is 0 Å². The number of hydrogen-bond acceptors (Lipinski definition) is 5. The average molecular weight is 262 g/mol. The van der Waals surface area contributed by atoms with Gasteiger partial charge in [-0.1, -0.05) is 24.2 Å². The first kappa shape index (κ1) is 13.1. The number of benzene rings is 1. The van der Waals surface area contributed by atoms with Gasteiger partial charge >= 0.3 is 5.97 Å². The molecule has 2 rings (SSSR count). The highest BCUT2D eigenvalue weighted by Gasteiger charge is 2.10. The smallest absolute Gasteiger partial charge is 0.312 e. The van der Waals surface area contributed by atoms with Crippen molar-refractivity contribution in [2.75, 3.05) is 0 Å². The molecule has 0 saturated carbocycles. The summed E-state index contributed by atoms with van der Waals surface area (Å²) in [6.45, 7) is 2.22. The quantitative estimate of drug-likeness (QED) is 0.854. The van der Waals surface area contributed by atoms with E-state index in [0.717, 1.165) is 12.2 Å². The molecule has 0 amide bonds. The van der Waals surface area contributed by atoms with Crippen LogP contribution in [0, 0.1) is 0 Å². The molecule has 1 aromatic carbocycles. The highest BCUT2D eigenvalue weighted by Crippen LogP contribution is 2.14. The molecule has 0 spiro atoms. The number of carboxylic acids is 1. The Kier molecular flexibility index (Phi) is 4.12. The van der Waals surface area contributed by atoms with Crippen LogP contribution in [-0.4, -0.2) is 21.2 Å². The zero-order chi connectivity index (χ0) is 13.7. The molecule has 0 aliphatic heterocycles. The number of carbonyl (C=O) groups is 1. The minimum Gasteiger partial charge on any atom is -0.485 e. The summed E-state index contributed by atoms with van der Waals surface area (Å²) in [7, 11) is 0. The van der Waals surface area contributed by atoms with Crippen LogP contribution >= 0.6 is 0 Å². The molecule has 100 valence electrons. The second-order valence-corrected chi connectivity index (χ2v) is 3.96. The fourth-order valence-electron chi connectivity index (χ4n) is 1.55. The van der Waals surface area contributed by atoms with Gasteiger partial charge in [0.15, 0.2) is 6.61 Å². The largest absolute Gasteiger partial charge is 0.485 e. The van der Waals surface area contributed by atoms with Crippen LogP contribution in [-0.2, 0) is 24.2 Å². The van der Waals surface area contributed by atoms with Crippen LogP contribution in [0.5, 0.6) is 5.75 Å². The summed E-state index contributed by atoms with van der Waals surface area (Å²) in [4.78, 5) is 14.4. The second kappa shape index (κ2) is 5.99. The molecule has 1 N–H and O–H groups in total. The lowest BCUT2D eigenvalue weighted by molar-refractivity contribution is -0.136. The standard InChI is InChI=1S/C13H14N2O4/c1-2-9-4-3-5-10(6-9)18-8-11-14-12(19-15-11)7-13(16)17/h3-6H,2,7-8H2,1H3,(H,16,17). The SMILES string of the molecule is CCc1cccc(OCc2noc(CC(=O)O)n2)c1. The van der Waals surface area contributed by atoms with Crippen LogP contribution in [0.3, 0.4) is 0 Å². The number of ether oxygens (including phenoxy) is 1. The van der Waals surface area contributed by atoms with E-state index in [0.29, 0.717) is 5.82 Å². The Morgan fingerprint density at radius 2 is 2.32 bits per heavy atom. The Bertz CT molecular complexity index is 565. The lowest BCUT2D eigenvalue weighted by Gasteiger charge is -2.04. The first-order valence-corrected chi connectivity index (χ1v) is 5.92. The van der Waals surface area contributed by atoms with E-state index in [2.05, 4.69) is 17.1 Å². The van der Waals surface area contributed by atoms with Crippen LogP contribution < -0.4 is 4.74 Å². The van der Waals surface area contributed by atoms with Crippen molar-refractivity contribution in [3.05, 3.63) is 41.5 Å². The molecular weight excluding hydrogens is 248 g/mol. The van der Waals surface area contributed by atoms with E-state index in [1.807, 2.05) is 24.3 Å². The maximum atomic E-state index is 10.5. The lowest BCUT2D eigenvalue weighted by Crippen LogP contribution is -2.01. The minimum atomic E-state index is -1.01. The summed E-state index contributed by atoms with van der Waals surface area (Å²) in [5.41, 5.74) is 1.18. The summed E-state index contributed by atoms with van der Waals surface area (Å²) < 4.78 is 10.3. The van der Waals surface area contributed by atoms with Crippen LogP contribution in [0.15, 0.2) is 28.8 Å². The number of carboxylic acid groups (broad SMARTS) is 1. The molecule has 6 heteroatoms. The van der Waals surface area contributed by atoms with Gasteiger partial charge in [0.1, 0.15) is 12.2 Å². The van der Waals surface area contributed by atoms with Crippen LogP contribution in [0.1, 0.15) is 24.2 Å². The van der Waals surface area contributed by atoms with E-state index in [1.54, 1.807) is 0 Å². The highest BCUT2D eigenvalue weighted by molar-refractivity contribution is 5.68. The molecule has 0 unspecified atom stereocenters. The topological polar surface area (TPSA) is 85.5 Å². The molecule has 19 heavy (non-hydrogen) atoms. The number of aromatic nitrogens is 2. The fourth-order valence-corrected chi connectivity index (χ4v) is 1.55. The number of aliphatic carboxylic acids is 1. The number of hydrogen-bond donors (Lipinski definition) is 1. The summed E-state index contributed by atoms with van der Waals surface area (Å²) in [6.07, 6.45) is 0.653. The molecule has 1 heterocycles. The molecule has 0 bridgehead atoms. The van der Waals surface area contributed by atoms with Crippen molar-refractivity contribution < 1.29 is 19.2 Å². The normalized spacial score (nSPS) is 10.4. The summed E-state index contributed by atoms with van der Waals surface area (Å²) in [5, 5.41) is 12.2. The third kappa shape index (κ3) is 3.80. The molecule has 6 nitrogen and oxygen atoms in total. The minimum absolute atomic E-state index is 0.0772. The van der Waals surface area contributed by atoms with E-state index < -0.39 is 5.97 Å². The summed E-state index contributed by atoms with van der Waals surface area (Å²) >= 11 is 0. The summed E-state index contributed by atoms with van der Waals surface area (Å²) in [5.74, 6) is 0.127. The third-order valence-electron chi connectivity index (χ3n) is 2.49. The molecular formula is C13H14N2O4. The number of nitrogens with zero attached hydrogens (tertiary/aromatic N) is 2. The Balaban J connectivity index is 1.94. The molecule has 0 radical (unpaired) electrons. The summed E-state index contributed by atoms with van der Waals surface area (Å²) in [6, 6.07) is 7.72. The molecule has 0 atom stereocenters. The van der Waals surface area contributed by atoms with Gasteiger partial charge in [0, 0.05) is 0 Å². The van der Waals surface area contributed by atoms with Crippen molar-refractivity contribution in [2.45, 2.75) is 26.4 Å². The van der Waals surface area contributed by atoms with Gasteiger partial charge in [0.2, 0.25) is 11.7 Å². The molecule has 0 aliphatic carbocycles. The van der Waals surface area contributed by atoms with E-state index in [-0.39, 0.29) is 18.9 Å². The second-order valence-electron chi connectivity index (χ2n) is 3.96. The van der Waals surface area contributed by atoms with E-state index in [4.69, 9.17) is 14.4 Å². The molecule has 1 aromatic heterocycles. The average Bonchev–Trinajstić information content (AvgIpc) is 2.83. The first-order chi connectivity index (χ1) is 9.17. The molecule has 0 aliphatic rings. The Morgan fingerprint density at radius 3 is 3.05 bits per heavy atom. The van der Waals surface area contributed by atoms with Crippen molar-refractivity contribution in [1.82, 2.24) is 10.1 Å². The van der Waals surface area contributed by atoms with Crippen molar-refractivity contribution >= 4 is 5.97 Å². The zero-order valence-electron chi connectivity index (χ0n) is 10.5. The zero-order valence-corrected chi connectivity index (χ0v) is 10.5. The van der Waals surface area contributed by atoms with Crippen LogP contribution in [0.4, 0.5) is 0 Å². The van der Waals surface area contributed by atoms with Gasteiger partial charge in [-0.25, -0.2) is 0 Å². The Labute approximate surface area is 110 Å². The third-order valence-corrected chi connectivity index (χ3v) is 2.49. The van der Waals surface area contributed by atoms with Crippen LogP contribution in [0.2, 0.25) is 0 Å². The van der Waals surface area contributed by atoms with Gasteiger partial charge in [-0.15, -0.1) is 0 Å². The van der Waals surface area contributed by atoms with Gasteiger partial charge in [-0.3, -0.25) is 4.79 Å². The number of aryl methyl sites for hydroxylation is 1. The first-order valence-electron chi connectivity index (χ1n) is 5.92. The van der Waals surface area contributed by atoms with E-state index >= 15 is 0 Å². The monoisotopic (exact) mass is 262 g/mol. The maximum absolute atomic E-state index is 10.5. The highest BCUT2D eigenvalue weighted by atomic mass is 16.5. The Hall–Kier alpha value is -2.37. The molecule has 0 saturated heterocycles. The predicted octanol–water partition coefficient (Wildman–Crippen LogP) is 1.84. The van der Waals surface area contributed by atoms with Crippen LogP contribution in [0.25, 0.3) is 0 Å². The van der Waals surface area contributed by atoms with Crippen molar-refractivity contribution in [2.24, 2.45) is 0 Å². The van der Waals surface area contributed by atoms with Crippen molar-refractivity contribution in [3.8, 4) is 5.75 Å². The van der Waals surface area contributed by atoms with Gasteiger partial charge in [0.25, 0.3) is 0 Å². The number of rotatable bonds is 6. The van der Waals surface area contributed by atoms with Gasteiger partial charge in [-0.2, -0.15) is 4.98 Å². The van der Waals surface area contributed by atoms with Crippen molar-refractivity contribution in [3.63, 3.8) is 0 Å². The van der Waals surface area contributed by atoms with E-state index in [1.165, 1.54) is 5.56 Å². The van der Waals surface area contributed by atoms with Crippen molar-refractivity contribution in [1.29, 1.82) is 0 Å². The van der Waals surface area contributed by atoms with Gasteiger partial charge in [-0.05, 0) is 24.1 Å². The lowest BCUT2D eigenvalue weighted by atomic mass is 10.2. The Morgan fingerprint density at radius 1 is 1.47 bits per heavy atom. The maximum Gasteiger partial charge on any atom is 0.312 e. The molecule has 0 fully saturated rings. The van der Waals surface area contributed by atoms with Gasteiger partial charge < -0.3 is 14.4 Å². The van der Waals surface area contributed by atoms with E-state index in [9.17, 15) is 4.79 Å². The predicted molar refractivity (Wildman–Crippen MR) is 65.8 cm³/mol. The molecule has 2 aromatic rings. The fraction of sp³-hybridized carbons (Fsp3) is 0.308.